The number of hydrogen-bond donors (Lipinski definition) is 2. The van der Waals surface area contributed by atoms with Crippen LogP contribution in [-0.2, 0) is 9.53 Å². The normalized spacial score (nSPS) is 18.8. The summed E-state index contributed by atoms with van der Waals surface area (Å²) in [6, 6.07) is 9.46. The van der Waals surface area contributed by atoms with E-state index in [0.29, 0.717) is 18.9 Å². The van der Waals surface area contributed by atoms with E-state index in [4.69, 9.17) is 10.5 Å². The Kier molecular flexibility index (Phi) is 12.1. The molecule has 0 aliphatic carbocycles. The smallest absolute Gasteiger partial charge is 0.221 e. The van der Waals surface area contributed by atoms with Gasteiger partial charge in [0, 0.05) is 38.6 Å². The molecule has 1 aliphatic rings. The van der Waals surface area contributed by atoms with Crippen LogP contribution in [0, 0.1) is 5.92 Å². The van der Waals surface area contributed by atoms with Gasteiger partial charge in [0.2, 0.25) is 5.91 Å². The first kappa shape index (κ1) is 24.1. The first-order valence-corrected chi connectivity index (χ1v) is 8.45. The summed E-state index contributed by atoms with van der Waals surface area (Å²) >= 11 is 0. The van der Waals surface area contributed by atoms with Crippen molar-refractivity contribution in [3.63, 3.8) is 0 Å². The summed E-state index contributed by atoms with van der Waals surface area (Å²) in [4.78, 5) is 14.5. The van der Waals surface area contributed by atoms with Gasteiger partial charge < -0.3 is 15.8 Å². The SMILES string of the molecule is CC(C)CN1CCOC(CNC(=O)CC(N)c2ccccc2)C1.Cl.Cl. The van der Waals surface area contributed by atoms with Crippen LogP contribution in [0.5, 0.6) is 0 Å². The standard InChI is InChI=1S/C18H29N3O2.2ClH/c1-14(2)12-21-8-9-23-16(13-21)11-20-18(22)10-17(19)15-6-4-3-5-7-15;;/h3-7,14,16-17H,8-13,19H2,1-2H3,(H,20,22);2*1H. The number of carbonyl (C=O) groups excluding carboxylic acids is 1. The Hall–Kier alpha value is -0.850. The van der Waals surface area contributed by atoms with Crippen molar-refractivity contribution in [3.05, 3.63) is 35.9 Å². The van der Waals surface area contributed by atoms with E-state index in [1.165, 1.54) is 0 Å². The monoisotopic (exact) mass is 391 g/mol. The van der Waals surface area contributed by atoms with E-state index in [1.807, 2.05) is 30.3 Å². The van der Waals surface area contributed by atoms with Crippen LogP contribution in [-0.4, -0.2) is 49.7 Å². The number of amides is 1. The number of nitrogens with one attached hydrogen (secondary N) is 1. The molecule has 1 aromatic rings. The lowest BCUT2D eigenvalue weighted by atomic mass is 10.0. The predicted molar refractivity (Wildman–Crippen MR) is 107 cm³/mol. The molecule has 1 aromatic carbocycles. The first-order valence-electron chi connectivity index (χ1n) is 8.45. The van der Waals surface area contributed by atoms with Gasteiger partial charge in [0.15, 0.2) is 0 Å². The van der Waals surface area contributed by atoms with Crippen LogP contribution in [0.2, 0.25) is 0 Å². The zero-order valence-electron chi connectivity index (χ0n) is 15.0. The number of carbonyl (C=O) groups is 1. The van der Waals surface area contributed by atoms with Gasteiger partial charge in [-0.1, -0.05) is 44.2 Å². The Morgan fingerprint density at radius 2 is 2.00 bits per heavy atom. The van der Waals surface area contributed by atoms with Gasteiger partial charge in [-0.05, 0) is 11.5 Å². The predicted octanol–water partition coefficient (Wildman–Crippen LogP) is 2.39. The fourth-order valence-corrected chi connectivity index (χ4v) is 2.90. The van der Waals surface area contributed by atoms with E-state index in [9.17, 15) is 4.79 Å². The lowest BCUT2D eigenvalue weighted by Gasteiger charge is -2.34. The quantitative estimate of drug-likeness (QED) is 0.748. The number of rotatable bonds is 7. The zero-order chi connectivity index (χ0) is 16.7. The summed E-state index contributed by atoms with van der Waals surface area (Å²) in [6.07, 6.45) is 0.367. The number of halogens is 2. The van der Waals surface area contributed by atoms with Gasteiger partial charge in [0.25, 0.3) is 0 Å². The molecule has 2 unspecified atom stereocenters. The van der Waals surface area contributed by atoms with Crippen LogP contribution in [0.4, 0.5) is 0 Å². The number of benzene rings is 1. The van der Waals surface area contributed by atoms with Crippen LogP contribution in [0.1, 0.15) is 31.9 Å². The molecular weight excluding hydrogens is 361 g/mol. The molecular formula is C18H31Cl2N3O2. The fourth-order valence-electron chi connectivity index (χ4n) is 2.90. The van der Waals surface area contributed by atoms with E-state index in [0.717, 1.165) is 31.8 Å². The third-order valence-electron chi connectivity index (χ3n) is 4.01. The third-order valence-corrected chi connectivity index (χ3v) is 4.01. The molecule has 5 nitrogen and oxygen atoms in total. The molecule has 25 heavy (non-hydrogen) atoms. The Bertz CT molecular complexity index is 488. The molecule has 1 heterocycles. The number of ether oxygens (including phenoxy) is 1. The molecule has 0 aromatic heterocycles. The highest BCUT2D eigenvalue weighted by molar-refractivity contribution is 5.85. The summed E-state index contributed by atoms with van der Waals surface area (Å²) in [5, 5.41) is 2.96. The number of nitrogens with two attached hydrogens (primary N) is 1. The highest BCUT2D eigenvalue weighted by Crippen LogP contribution is 2.13. The van der Waals surface area contributed by atoms with Crippen molar-refractivity contribution in [2.45, 2.75) is 32.4 Å². The minimum absolute atomic E-state index is 0. The lowest BCUT2D eigenvalue weighted by Crippen LogP contribution is -2.48. The van der Waals surface area contributed by atoms with Gasteiger partial charge in [-0.15, -0.1) is 24.8 Å². The summed E-state index contributed by atoms with van der Waals surface area (Å²) in [5.74, 6) is 0.623. The summed E-state index contributed by atoms with van der Waals surface area (Å²) in [7, 11) is 0. The Morgan fingerprint density at radius 3 is 2.64 bits per heavy atom. The molecule has 0 bridgehead atoms. The molecule has 2 rings (SSSR count). The average Bonchev–Trinajstić information content (AvgIpc) is 2.53. The van der Waals surface area contributed by atoms with Crippen molar-refractivity contribution < 1.29 is 9.53 Å². The van der Waals surface area contributed by atoms with Gasteiger partial charge in [-0.2, -0.15) is 0 Å². The van der Waals surface area contributed by atoms with Crippen LogP contribution in [0.15, 0.2) is 30.3 Å². The van der Waals surface area contributed by atoms with Gasteiger partial charge in [-0.25, -0.2) is 0 Å². The Morgan fingerprint density at radius 1 is 1.32 bits per heavy atom. The van der Waals surface area contributed by atoms with Crippen LogP contribution < -0.4 is 11.1 Å². The number of hydrogen-bond acceptors (Lipinski definition) is 4. The third kappa shape index (κ3) is 8.88. The topological polar surface area (TPSA) is 67.6 Å². The molecule has 0 saturated carbocycles. The number of nitrogens with zero attached hydrogens (tertiary/aromatic N) is 1. The minimum Gasteiger partial charge on any atom is -0.374 e. The van der Waals surface area contributed by atoms with Gasteiger partial charge >= 0.3 is 0 Å². The average molecular weight is 392 g/mol. The summed E-state index contributed by atoms with van der Waals surface area (Å²) < 4.78 is 5.74. The molecule has 7 heteroatoms. The Balaban J connectivity index is 0.00000288. The Labute approximate surface area is 163 Å². The highest BCUT2D eigenvalue weighted by Gasteiger charge is 2.21. The molecule has 0 spiro atoms. The van der Waals surface area contributed by atoms with Gasteiger partial charge in [-0.3, -0.25) is 9.69 Å². The second-order valence-electron chi connectivity index (χ2n) is 6.67. The summed E-state index contributed by atoms with van der Waals surface area (Å²) in [5.41, 5.74) is 7.07. The van der Waals surface area contributed by atoms with Crippen LogP contribution >= 0.6 is 24.8 Å². The first-order chi connectivity index (χ1) is 11.0. The molecule has 1 fully saturated rings. The largest absolute Gasteiger partial charge is 0.374 e. The molecule has 1 amide bonds. The van der Waals surface area contributed by atoms with E-state index in [2.05, 4.69) is 24.1 Å². The maximum atomic E-state index is 12.1. The molecule has 2 atom stereocenters. The molecule has 1 saturated heterocycles. The second kappa shape index (κ2) is 12.5. The molecule has 0 radical (unpaired) electrons. The maximum absolute atomic E-state index is 12.1. The molecule has 3 N–H and O–H groups in total. The van der Waals surface area contributed by atoms with Crippen molar-refractivity contribution in [1.82, 2.24) is 10.2 Å². The van der Waals surface area contributed by atoms with Crippen molar-refractivity contribution in [2.75, 3.05) is 32.8 Å². The zero-order valence-corrected chi connectivity index (χ0v) is 16.7. The molecule has 144 valence electrons. The van der Waals surface area contributed by atoms with E-state index in [-0.39, 0.29) is 42.9 Å². The van der Waals surface area contributed by atoms with Crippen molar-refractivity contribution in [1.29, 1.82) is 0 Å². The molecule has 1 aliphatic heterocycles. The second-order valence-corrected chi connectivity index (χ2v) is 6.67. The van der Waals surface area contributed by atoms with Crippen LogP contribution in [0.25, 0.3) is 0 Å². The van der Waals surface area contributed by atoms with E-state index in [1.54, 1.807) is 0 Å². The van der Waals surface area contributed by atoms with Crippen molar-refractivity contribution in [3.8, 4) is 0 Å². The van der Waals surface area contributed by atoms with Gasteiger partial charge in [0.05, 0.1) is 12.7 Å². The van der Waals surface area contributed by atoms with Crippen molar-refractivity contribution in [2.24, 2.45) is 11.7 Å². The summed E-state index contributed by atoms with van der Waals surface area (Å²) in [6.45, 7) is 8.65. The lowest BCUT2D eigenvalue weighted by molar-refractivity contribution is -0.122. The van der Waals surface area contributed by atoms with Crippen molar-refractivity contribution >= 4 is 30.7 Å². The maximum Gasteiger partial charge on any atom is 0.221 e. The van der Waals surface area contributed by atoms with Gasteiger partial charge in [0.1, 0.15) is 0 Å². The van der Waals surface area contributed by atoms with E-state index < -0.39 is 0 Å². The van der Waals surface area contributed by atoms with E-state index >= 15 is 0 Å². The fraction of sp³-hybridized carbons (Fsp3) is 0.611. The number of morpholine rings is 1. The minimum atomic E-state index is -0.263. The van der Waals surface area contributed by atoms with Crippen LogP contribution in [0.3, 0.4) is 0 Å². The highest BCUT2D eigenvalue weighted by atomic mass is 35.5.